The van der Waals surface area contributed by atoms with Crippen molar-refractivity contribution in [3.8, 4) is 0 Å². The van der Waals surface area contributed by atoms with Crippen molar-refractivity contribution in [2.75, 3.05) is 26.8 Å². The van der Waals surface area contributed by atoms with Crippen LogP contribution in [-0.4, -0.2) is 54.0 Å². The summed E-state index contributed by atoms with van der Waals surface area (Å²) < 4.78 is 7.03. The molecule has 0 unspecified atom stereocenters. The van der Waals surface area contributed by atoms with E-state index >= 15 is 0 Å². The first kappa shape index (κ1) is 18.9. The number of benzene rings is 2. The van der Waals surface area contributed by atoms with Gasteiger partial charge in [0.2, 0.25) is 0 Å². The smallest absolute Gasteiger partial charge is 0.261 e. The summed E-state index contributed by atoms with van der Waals surface area (Å²) in [6.07, 6.45) is 1.99. The zero-order chi connectivity index (χ0) is 20.4. The van der Waals surface area contributed by atoms with Gasteiger partial charge in [-0.2, -0.15) is 0 Å². The largest absolute Gasteiger partial charge is 0.383 e. The molecule has 0 saturated carbocycles. The Kier molecular flexibility index (Phi) is 5.14. The quantitative estimate of drug-likeness (QED) is 0.627. The Labute approximate surface area is 167 Å². The van der Waals surface area contributed by atoms with E-state index < -0.39 is 5.91 Å². The molecule has 1 aliphatic heterocycles. The molecule has 0 saturated heterocycles. The minimum atomic E-state index is -0.393. The van der Waals surface area contributed by atoms with Crippen molar-refractivity contribution < 1.29 is 19.1 Å². The average molecular weight is 391 g/mol. The summed E-state index contributed by atoms with van der Waals surface area (Å²) in [6.45, 7) is 1.54. The topological polar surface area (TPSA) is 80.6 Å². The number of carbonyl (C=O) groups is 3. The number of hydrogen-bond acceptors (Lipinski definition) is 4. The lowest BCUT2D eigenvalue weighted by Gasteiger charge is -2.12. The highest BCUT2D eigenvalue weighted by Crippen LogP contribution is 2.24. The number of amides is 3. The highest BCUT2D eigenvalue weighted by molar-refractivity contribution is 6.22. The van der Waals surface area contributed by atoms with E-state index in [-0.39, 0.29) is 30.5 Å². The van der Waals surface area contributed by atoms with Crippen LogP contribution in [-0.2, 0) is 11.3 Å². The maximum Gasteiger partial charge on any atom is 0.261 e. The van der Waals surface area contributed by atoms with Crippen molar-refractivity contribution in [1.29, 1.82) is 0 Å². The fraction of sp³-hybridized carbons (Fsp3) is 0.227. The van der Waals surface area contributed by atoms with Crippen molar-refractivity contribution in [3.05, 3.63) is 71.4 Å². The lowest BCUT2D eigenvalue weighted by molar-refractivity contribution is 0.0603. The number of nitrogens with one attached hydrogen (secondary N) is 1. The van der Waals surface area contributed by atoms with Gasteiger partial charge in [-0.3, -0.25) is 19.3 Å². The Hall–Kier alpha value is -3.45. The van der Waals surface area contributed by atoms with Gasteiger partial charge < -0.3 is 14.6 Å². The lowest BCUT2D eigenvalue weighted by atomic mass is 10.1. The van der Waals surface area contributed by atoms with Gasteiger partial charge in [-0.25, -0.2) is 0 Å². The van der Waals surface area contributed by atoms with E-state index in [1.165, 1.54) is 19.2 Å². The normalized spacial score (nSPS) is 13.2. The zero-order valence-electron chi connectivity index (χ0n) is 16.1. The summed E-state index contributed by atoms with van der Waals surface area (Å²) in [5.41, 5.74) is 2.05. The molecule has 0 radical (unpaired) electrons. The van der Waals surface area contributed by atoms with Gasteiger partial charge in [-0.1, -0.05) is 18.2 Å². The Morgan fingerprint density at radius 3 is 2.62 bits per heavy atom. The minimum absolute atomic E-state index is 0.190. The number of methoxy groups -OCH3 is 1. The molecule has 0 atom stereocenters. The molecular weight excluding hydrogens is 370 g/mol. The molecule has 7 heteroatoms. The summed E-state index contributed by atoms with van der Waals surface area (Å²) in [5, 5.41) is 4.03. The number of aromatic nitrogens is 1. The molecule has 2 aromatic carbocycles. The summed E-state index contributed by atoms with van der Waals surface area (Å²) in [4.78, 5) is 38.5. The van der Waals surface area contributed by atoms with Crippen LogP contribution in [0.15, 0.2) is 54.7 Å². The van der Waals surface area contributed by atoms with Crippen molar-refractivity contribution in [2.24, 2.45) is 0 Å². The number of imide groups is 1. The van der Waals surface area contributed by atoms with Crippen molar-refractivity contribution in [2.45, 2.75) is 6.54 Å². The predicted octanol–water partition coefficient (Wildman–Crippen LogP) is 2.31. The molecule has 3 aromatic rings. The summed E-state index contributed by atoms with van der Waals surface area (Å²) in [6, 6.07) is 14.7. The van der Waals surface area contributed by atoms with Crippen molar-refractivity contribution >= 4 is 28.6 Å². The third-order valence-electron chi connectivity index (χ3n) is 5.07. The molecule has 0 aliphatic carbocycles. The van der Waals surface area contributed by atoms with Crippen LogP contribution in [0.2, 0.25) is 0 Å². The number of hydrogen-bond donors (Lipinski definition) is 1. The molecule has 3 amide bonds. The van der Waals surface area contributed by atoms with E-state index in [1.54, 1.807) is 6.07 Å². The lowest BCUT2D eigenvalue weighted by Crippen LogP contribution is -2.32. The molecule has 1 aliphatic rings. The van der Waals surface area contributed by atoms with Crippen LogP contribution in [0.1, 0.15) is 31.1 Å². The number of fused-ring (bicyclic) bond motifs is 2. The second-order valence-corrected chi connectivity index (χ2v) is 6.84. The average Bonchev–Trinajstić information content (AvgIpc) is 3.26. The molecule has 4 rings (SSSR count). The van der Waals surface area contributed by atoms with E-state index in [2.05, 4.69) is 9.88 Å². The summed E-state index contributed by atoms with van der Waals surface area (Å²) in [5.74, 6) is -1.02. The maximum absolute atomic E-state index is 12.5. The Morgan fingerprint density at radius 1 is 1.00 bits per heavy atom. The minimum Gasteiger partial charge on any atom is -0.383 e. The van der Waals surface area contributed by atoms with Crippen LogP contribution in [0.5, 0.6) is 0 Å². The molecule has 0 bridgehead atoms. The first-order chi connectivity index (χ1) is 14.1. The maximum atomic E-state index is 12.5. The molecule has 2 heterocycles. The third kappa shape index (κ3) is 3.52. The van der Waals surface area contributed by atoms with Gasteiger partial charge in [0, 0.05) is 37.5 Å². The third-order valence-corrected chi connectivity index (χ3v) is 5.07. The molecule has 0 fully saturated rings. The first-order valence-electron chi connectivity index (χ1n) is 9.41. The van der Waals surface area contributed by atoms with Crippen LogP contribution < -0.4 is 5.32 Å². The van der Waals surface area contributed by atoms with Crippen LogP contribution >= 0.6 is 0 Å². The number of rotatable bonds is 7. The van der Waals surface area contributed by atoms with Crippen LogP contribution in [0.3, 0.4) is 0 Å². The van der Waals surface area contributed by atoms with E-state index in [1.807, 2.05) is 36.5 Å². The molecule has 1 N–H and O–H groups in total. The number of ether oxygens (including phenoxy) is 1. The number of para-hydroxylation sites is 1. The fourth-order valence-corrected chi connectivity index (χ4v) is 3.55. The molecule has 148 valence electrons. The van der Waals surface area contributed by atoms with Crippen molar-refractivity contribution in [3.63, 3.8) is 0 Å². The van der Waals surface area contributed by atoms with Gasteiger partial charge in [0.15, 0.2) is 0 Å². The van der Waals surface area contributed by atoms with Gasteiger partial charge in [-0.05, 0) is 35.7 Å². The summed E-state index contributed by atoms with van der Waals surface area (Å²) in [7, 11) is 1.51. The first-order valence-corrected chi connectivity index (χ1v) is 9.41. The summed E-state index contributed by atoms with van der Waals surface area (Å²) >= 11 is 0. The SMILES string of the molecule is COCCN1C(=O)c2ccc(C(=O)NCCn3ccc4ccccc43)cc2C1=O. The second kappa shape index (κ2) is 7.89. The highest BCUT2D eigenvalue weighted by Gasteiger charge is 2.35. The van der Waals surface area contributed by atoms with Crippen LogP contribution in [0.25, 0.3) is 10.9 Å². The van der Waals surface area contributed by atoms with Gasteiger partial charge in [0.1, 0.15) is 0 Å². The Morgan fingerprint density at radius 2 is 1.79 bits per heavy atom. The van der Waals surface area contributed by atoms with Gasteiger partial charge in [0.05, 0.1) is 24.3 Å². The number of carbonyl (C=O) groups excluding carboxylic acids is 3. The standard InChI is InChI=1S/C22H21N3O4/c1-29-13-12-25-21(27)17-7-6-16(14-18(17)22(25)28)20(26)23-9-11-24-10-8-15-4-2-3-5-19(15)24/h2-8,10,14H,9,11-13H2,1H3,(H,23,26). The van der Waals surface area contributed by atoms with E-state index in [9.17, 15) is 14.4 Å². The van der Waals surface area contributed by atoms with Crippen molar-refractivity contribution in [1.82, 2.24) is 14.8 Å². The van der Waals surface area contributed by atoms with Gasteiger partial charge >= 0.3 is 0 Å². The van der Waals surface area contributed by atoms with Crippen LogP contribution in [0.4, 0.5) is 0 Å². The molecule has 7 nitrogen and oxygen atoms in total. The van der Waals surface area contributed by atoms with Gasteiger partial charge in [-0.15, -0.1) is 0 Å². The van der Waals surface area contributed by atoms with E-state index in [0.29, 0.717) is 24.2 Å². The van der Waals surface area contributed by atoms with Gasteiger partial charge in [0.25, 0.3) is 17.7 Å². The van der Waals surface area contributed by atoms with Crippen LogP contribution in [0, 0.1) is 0 Å². The Bertz CT molecular complexity index is 1100. The second-order valence-electron chi connectivity index (χ2n) is 6.84. The van der Waals surface area contributed by atoms with E-state index in [0.717, 1.165) is 15.8 Å². The molecule has 29 heavy (non-hydrogen) atoms. The monoisotopic (exact) mass is 391 g/mol. The van der Waals surface area contributed by atoms with E-state index in [4.69, 9.17) is 4.74 Å². The molecular formula is C22H21N3O4. The Balaban J connectivity index is 1.42. The zero-order valence-corrected chi connectivity index (χ0v) is 16.1. The molecule has 1 aromatic heterocycles. The molecule has 0 spiro atoms. The fourth-order valence-electron chi connectivity index (χ4n) is 3.55. The number of nitrogens with zero attached hydrogens (tertiary/aromatic N) is 2. The predicted molar refractivity (Wildman–Crippen MR) is 108 cm³/mol. The highest BCUT2D eigenvalue weighted by atomic mass is 16.5.